The first-order chi connectivity index (χ1) is 11.0. The molecule has 0 saturated heterocycles. The SMILES string of the molecule is O=Cn1c(Nc2cc(Cl)cc(Cl)c2)nc2cc(Cl)ccc2c1=O. The van der Waals surface area contributed by atoms with Crippen LogP contribution < -0.4 is 10.9 Å². The van der Waals surface area contributed by atoms with E-state index in [0.29, 0.717) is 32.7 Å². The van der Waals surface area contributed by atoms with Gasteiger partial charge in [-0.15, -0.1) is 0 Å². The van der Waals surface area contributed by atoms with Crippen LogP contribution in [0.4, 0.5) is 11.6 Å². The average Bonchev–Trinajstić information content (AvgIpc) is 2.46. The molecule has 0 fully saturated rings. The number of rotatable bonds is 3. The van der Waals surface area contributed by atoms with Crippen molar-refractivity contribution in [3.05, 3.63) is 61.8 Å². The molecule has 8 heteroatoms. The molecule has 116 valence electrons. The molecule has 1 aromatic heterocycles. The number of carbonyl (C=O) groups excluding carboxylic acids is 1. The number of anilines is 2. The second-order valence-electron chi connectivity index (χ2n) is 4.66. The first kappa shape index (κ1) is 15.8. The van der Waals surface area contributed by atoms with Gasteiger partial charge in [0.1, 0.15) is 0 Å². The highest BCUT2D eigenvalue weighted by atomic mass is 35.5. The molecule has 0 aliphatic rings. The predicted octanol–water partition coefficient (Wildman–Crippen LogP) is 4.14. The van der Waals surface area contributed by atoms with Crippen molar-refractivity contribution < 1.29 is 4.79 Å². The third-order valence-electron chi connectivity index (χ3n) is 3.09. The molecule has 5 nitrogen and oxygen atoms in total. The Balaban J connectivity index is 2.19. The molecule has 2 aromatic carbocycles. The molecule has 1 N–H and O–H groups in total. The van der Waals surface area contributed by atoms with Crippen molar-refractivity contribution in [1.29, 1.82) is 0 Å². The Labute approximate surface area is 145 Å². The zero-order valence-electron chi connectivity index (χ0n) is 11.4. The zero-order chi connectivity index (χ0) is 16.6. The Morgan fingerprint density at radius 2 is 1.70 bits per heavy atom. The summed E-state index contributed by atoms with van der Waals surface area (Å²) in [5.41, 5.74) is 0.361. The van der Waals surface area contributed by atoms with Crippen molar-refractivity contribution in [2.45, 2.75) is 0 Å². The maximum absolute atomic E-state index is 12.4. The average molecular weight is 369 g/mol. The molecule has 0 spiro atoms. The minimum absolute atomic E-state index is 0.0399. The lowest BCUT2D eigenvalue weighted by molar-refractivity contribution is 0.546. The second kappa shape index (κ2) is 6.20. The molecule has 0 aliphatic heterocycles. The molecule has 0 bridgehead atoms. The van der Waals surface area contributed by atoms with Crippen molar-refractivity contribution in [2.75, 3.05) is 5.32 Å². The topological polar surface area (TPSA) is 64.0 Å². The molecule has 0 aliphatic carbocycles. The van der Waals surface area contributed by atoms with Gasteiger partial charge in [-0.25, -0.2) is 9.55 Å². The maximum atomic E-state index is 12.4. The van der Waals surface area contributed by atoms with Gasteiger partial charge in [-0.05, 0) is 36.4 Å². The van der Waals surface area contributed by atoms with Crippen molar-refractivity contribution >= 4 is 63.8 Å². The van der Waals surface area contributed by atoms with Crippen LogP contribution >= 0.6 is 34.8 Å². The first-order valence-corrected chi connectivity index (χ1v) is 7.51. The Hall–Kier alpha value is -2.08. The van der Waals surface area contributed by atoms with Crippen molar-refractivity contribution in [3.8, 4) is 0 Å². The third-order valence-corrected chi connectivity index (χ3v) is 3.76. The Morgan fingerprint density at radius 1 is 1.00 bits per heavy atom. The monoisotopic (exact) mass is 367 g/mol. The standard InChI is InChI=1S/C15H8Cl3N3O2/c16-8-1-2-12-13(6-8)20-15(21(7-22)14(12)23)19-11-4-9(17)3-10(18)5-11/h1-7H,(H,19,20). The first-order valence-electron chi connectivity index (χ1n) is 6.38. The summed E-state index contributed by atoms with van der Waals surface area (Å²) in [6.07, 6.45) is 0.387. The van der Waals surface area contributed by atoms with Crippen LogP contribution in [-0.4, -0.2) is 16.0 Å². The summed E-state index contributed by atoms with van der Waals surface area (Å²) < 4.78 is 0.866. The van der Waals surface area contributed by atoms with Crippen molar-refractivity contribution in [2.24, 2.45) is 0 Å². The van der Waals surface area contributed by atoms with Crippen LogP contribution in [0.3, 0.4) is 0 Å². The normalized spacial score (nSPS) is 10.7. The van der Waals surface area contributed by atoms with Crippen molar-refractivity contribution in [1.82, 2.24) is 9.55 Å². The van der Waals surface area contributed by atoms with Gasteiger partial charge >= 0.3 is 0 Å². The van der Waals surface area contributed by atoms with E-state index in [9.17, 15) is 9.59 Å². The fraction of sp³-hybridized carbons (Fsp3) is 0. The summed E-state index contributed by atoms with van der Waals surface area (Å²) >= 11 is 17.8. The minimum Gasteiger partial charge on any atom is -0.325 e. The van der Waals surface area contributed by atoms with Crippen LogP contribution in [0.15, 0.2) is 41.2 Å². The van der Waals surface area contributed by atoms with E-state index in [-0.39, 0.29) is 11.3 Å². The molecular weight excluding hydrogens is 361 g/mol. The van der Waals surface area contributed by atoms with Gasteiger partial charge in [0.15, 0.2) is 0 Å². The lowest BCUT2D eigenvalue weighted by atomic mass is 10.2. The van der Waals surface area contributed by atoms with Crippen LogP contribution in [0.2, 0.25) is 15.1 Å². The number of halogens is 3. The molecule has 3 aromatic rings. The summed E-state index contributed by atoms with van der Waals surface area (Å²) in [5.74, 6) is 0.0399. The van der Waals surface area contributed by atoms with E-state index < -0.39 is 5.56 Å². The Morgan fingerprint density at radius 3 is 2.35 bits per heavy atom. The van der Waals surface area contributed by atoms with Gasteiger partial charge < -0.3 is 5.32 Å². The van der Waals surface area contributed by atoms with Crippen LogP contribution in [0.1, 0.15) is 0 Å². The van der Waals surface area contributed by atoms with Crippen LogP contribution in [0.5, 0.6) is 0 Å². The number of aromatic nitrogens is 2. The summed E-state index contributed by atoms with van der Waals surface area (Å²) in [7, 11) is 0. The van der Waals surface area contributed by atoms with Crippen LogP contribution in [-0.2, 0) is 4.79 Å². The number of benzene rings is 2. The Bertz CT molecular complexity index is 965. The number of nitrogens with zero attached hydrogens (tertiary/aromatic N) is 2. The molecule has 1 heterocycles. The fourth-order valence-electron chi connectivity index (χ4n) is 2.11. The molecule has 0 atom stereocenters. The lowest BCUT2D eigenvalue weighted by Crippen LogP contribution is -2.23. The molecule has 0 radical (unpaired) electrons. The van der Waals surface area contributed by atoms with Gasteiger partial charge in [0.05, 0.1) is 10.9 Å². The van der Waals surface area contributed by atoms with Gasteiger partial charge in [-0.3, -0.25) is 9.59 Å². The van der Waals surface area contributed by atoms with Gasteiger partial charge in [-0.1, -0.05) is 34.8 Å². The number of hydrogen-bond donors (Lipinski definition) is 1. The molecule has 0 saturated carbocycles. The largest absolute Gasteiger partial charge is 0.325 e. The summed E-state index contributed by atoms with van der Waals surface area (Å²) in [6.45, 7) is 0. The number of carbonyl (C=O) groups is 1. The van der Waals surface area contributed by atoms with E-state index in [1.807, 2.05) is 0 Å². The fourth-order valence-corrected chi connectivity index (χ4v) is 2.81. The third kappa shape index (κ3) is 3.17. The molecule has 0 unspecified atom stereocenters. The molecule has 23 heavy (non-hydrogen) atoms. The summed E-state index contributed by atoms with van der Waals surface area (Å²) in [6, 6.07) is 9.38. The zero-order valence-corrected chi connectivity index (χ0v) is 13.7. The number of nitrogens with one attached hydrogen (secondary N) is 1. The van der Waals surface area contributed by atoms with Crippen LogP contribution in [0, 0.1) is 0 Å². The van der Waals surface area contributed by atoms with Gasteiger partial charge in [0.2, 0.25) is 12.4 Å². The minimum atomic E-state index is -0.503. The van der Waals surface area contributed by atoms with E-state index in [0.717, 1.165) is 4.57 Å². The highest BCUT2D eigenvalue weighted by Crippen LogP contribution is 2.25. The molecular formula is C15H8Cl3N3O2. The number of fused-ring (bicyclic) bond motifs is 1. The van der Waals surface area contributed by atoms with E-state index in [4.69, 9.17) is 34.8 Å². The van der Waals surface area contributed by atoms with Gasteiger partial charge in [0.25, 0.3) is 5.56 Å². The summed E-state index contributed by atoms with van der Waals surface area (Å²) in [5, 5.41) is 4.40. The number of hydrogen-bond acceptors (Lipinski definition) is 4. The van der Waals surface area contributed by atoms with E-state index in [1.165, 1.54) is 6.07 Å². The second-order valence-corrected chi connectivity index (χ2v) is 5.97. The van der Waals surface area contributed by atoms with E-state index in [1.54, 1.807) is 30.3 Å². The van der Waals surface area contributed by atoms with E-state index in [2.05, 4.69) is 10.3 Å². The quantitative estimate of drug-likeness (QED) is 0.706. The molecule has 3 rings (SSSR count). The van der Waals surface area contributed by atoms with E-state index >= 15 is 0 Å². The highest BCUT2D eigenvalue weighted by molar-refractivity contribution is 6.35. The highest BCUT2D eigenvalue weighted by Gasteiger charge is 2.11. The maximum Gasteiger partial charge on any atom is 0.269 e. The van der Waals surface area contributed by atoms with Crippen LogP contribution in [0.25, 0.3) is 10.9 Å². The summed E-state index contributed by atoms with van der Waals surface area (Å²) in [4.78, 5) is 27.9. The Kier molecular flexibility index (Phi) is 4.26. The van der Waals surface area contributed by atoms with Gasteiger partial charge in [-0.2, -0.15) is 0 Å². The van der Waals surface area contributed by atoms with Gasteiger partial charge in [0, 0.05) is 20.8 Å². The van der Waals surface area contributed by atoms with Crippen molar-refractivity contribution in [3.63, 3.8) is 0 Å². The smallest absolute Gasteiger partial charge is 0.269 e. The lowest BCUT2D eigenvalue weighted by Gasteiger charge is -2.11. The molecule has 0 amide bonds. The predicted molar refractivity (Wildman–Crippen MR) is 92.9 cm³/mol.